The van der Waals surface area contributed by atoms with Gasteiger partial charge in [0, 0.05) is 5.02 Å². The molecule has 2 amide bonds. The van der Waals surface area contributed by atoms with E-state index < -0.39 is 11.8 Å². The fourth-order valence-electron chi connectivity index (χ4n) is 1.04. The van der Waals surface area contributed by atoms with Crippen molar-refractivity contribution in [3.05, 3.63) is 22.2 Å². The Kier molecular flexibility index (Phi) is 3.98. The molecule has 0 aliphatic carbocycles. The smallest absolute Gasteiger partial charge is 0.313 e. The van der Waals surface area contributed by atoms with Gasteiger partial charge in [0.15, 0.2) is 5.75 Å². The maximum atomic E-state index is 11.1. The van der Waals surface area contributed by atoms with Gasteiger partial charge < -0.3 is 15.8 Å². The Bertz CT molecular complexity index is 449. The number of carbonyl (C=O) groups excluding carboxylic acids is 2. The summed E-state index contributed by atoms with van der Waals surface area (Å²) in [6.07, 6.45) is 0. The number of nitrogens with two attached hydrogens (primary N) is 1. The van der Waals surface area contributed by atoms with Crippen molar-refractivity contribution in [1.82, 2.24) is 0 Å². The number of ether oxygens (including phenoxy) is 1. The topological polar surface area (TPSA) is 81.4 Å². The maximum absolute atomic E-state index is 11.1. The Labute approximate surface area is 101 Å². The second-order valence-corrected chi connectivity index (χ2v) is 3.63. The summed E-state index contributed by atoms with van der Waals surface area (Å²) in [5, 5.41) is 2.75. The Morgan fingerprint density at radius 2 is 2.00 bits per heavy atom. The third-order valence-electron chi connectivity index (χ3n) is 1.68. The zero-order valence-corrected chi connectivity index (χ0v) is 9.72. The first-order valence-corrected chi connectivity index (χ1v) is 4.85. The van der Waals surface area contributed by atoms with Crippen molar-refractivity contribution in [2.45, 2.75) is 0 Å². The molecule has 0 saturated carbocycles. The summed E-state index contributed by atoms with van der Waals surface area (Å²) < 4.78 is 4.95. The highest BCUT2D eigenvalue weighted by Gasteiger charge is 2.15. The van der Waals surface area contributed by atoms with Crippen LogP contribution in [0.5, 0.6) is 5.75 Å². The first-order valence-electron chi connectivity index (χ1n) is 4.09. The second kappa shape index (κ2) is 5.05. The standard InChI is InChI=1S/C9H8Cl2N2O3/c1-16-7-5(11)2-4(10)3-6(7)13-9(15)8(12)14/h2-3H,1H3,(H2,12,14)(H,13,15). The Morgan fingerprint density at radius 3 is 2.50 bits per heavy atom. The number of halogens is 2. The molecule has 0 aromatic heterocycles. The Morgan fingerprint density at radius 1 is 1.38 bits per heavy atom. The molecule has 5 nitrogen and oxygen atoms in total. The minimum atomic E-state index is -1.11. The first kappa shape index (κ1) is 12.6. The van der Waals surface area contributed by atoms with Crippen LogP contribution in [0.2, 0.25) is 10.0 Å². The molecule has 1 rings (SSSR count). The van der Waals surface area contributed by atoms with E-state index >= 15 is 0 Å². The average Bonchev–Trinajstić information content (AvgIpc) is 2.16. The van der Waals surface area contributed by atoms with Crippen molar-refractivity contribution in [1.29, 1.82) is 0 Å². The lowest BCUT2D eigenvalue weighted by atomic mass is 10.3. The molecule has 0 bridgehead atoms. The van der Waals surface area contributed by atoms with E-state index in [9.17, 15) is 9.59 Å². The van der Waals surface area contributed by atoms with Crippen LogP contribution in [0.4, 0.5) is 5.69 Å². The van der Waals surface area contributed by atoms with Crippen LogP contribution in [-0.4, -0.2) is 18.9 Å². The second-order valence-electron chi connectivity index (χ2n) is 2.79. The number of benzene rings is 1. The summed E-state index contributed by atoms with van der Waals surface area (Å²) in [4.78, 5) is 21.7. The lowest BCUT2D eigenvalue weighted by molar-refractivity contribution is -0.134. The van der Waals surface area contributed by atoms with Gasteiger partial charge in [-0.05, 0) is 12.1 Å². The van der Waals surface area contributed by atoms with Gasteiger partial charge >= 0.3 is 11.8 Å². The summed E-state index contributed by atoms with van der Waals surface area (Å²) in [5.41, 5.74) is 4.98. The maximum Gasteiger partial charge on any atom is 0.313 e. The van der Waals surface area contributed by atoms with Gasteiger partial charge in [-0.1, -0.05) is 23.2 Å². The van der Waals surface area contributed by atoms with Gasteiger partial charge in [0.2, 0.25) is 0 Å². The van der Waals surface area contributed by atoms with E-state index in [4.69, 9.17) is 33.7 Å². The van der Waals surface area contributed by atoms with E-state index in [1.807, 2.05) is 0 Å². The molecule has 0 heterocycles. The first-order chi connectivity index (χ1) is 7.45. The van der Waals surface area contributed by atoms with Gasteiger partial charge in [-0.3, -0.25) is 9.59 Å². The van der Waals surface area contributed by atoms with Gasteiger partial charge in [-0.25, -0.2) is 0 Å². The molecule has 0 aliphatic rings. The number of hydrogen-bond acceptors (Lipinski definition) is 3. The van der Waals surface area contributed by atoms with Crippen LogP contribution < -0.4 is 15.8 Å². The van der Waals surface area contributed by atoms with Gasteiger partial charge in [-0.15, -0.1) is 0 Å². The van der Waals surface area contributed by atoms with E-state index in [2.05, 4.69) is 5.32 Å². The quantitative estimate of drug-likeness (QED) is 0.792. The molecule has 86 valence electrons. The molecule has 3 N–H and O–H groups in total. The van der Waals surface area contributed by atoms with Crippen LogP contribution in [0.25, 0.3) is 0 Å². The highest BCUT2D eigenvalue weighted by molar-refractivity contribution is 6.40. The van der Waals surface area contributed by atoms with Crippen molar-refractivity contribution in [2.75, 3.05) is 12.4 Å². The zero-order chi connectivity index (χ0) is 12.3. The number of rotatable bonds is 2. The van der Waals surface area contributed by atoms with Crippen LogP contribution >= 0.6 is 23.2 Å². The van der Waals surface area contributed by atoms with Gasteiger partial charge in [0.1, 0.15) is 0 Å². The van der Waals surface area contributed by atoms with Crippen LogP contribution in [0.15, 0.2) is 12.1 Å². The highest BCUT2D eigenvalue weighted by atomic mass is 35.5. The van der Waals surface area contributed by atoms with Crippen LogP contribution in [0.1, 0.15) is 0 Å². The minimum Gasteiger partial charge on any atom is -0.493 e. The fraction of sp³-hybridized carbons (Fsp3) is 0.111. The molecular weight excluding hydrogens is 255 g/mol. The molecule has 0 saturated heterocycles. The van der Waals surface area contributed by atoms with Crippen LogP contribution in [0, 0.1) is 0 Å². The number of anilines is 1. The molecule has 0 unspecified atom stereocenters. The number of amides is 2. The van der Waals surface area contributed by atoms with Crippen molar-refractivity contribution in [3.63, 3.8) is 0 Å². The van der Waals surface area contributed by atoms with Crippen molar-refractivity contribution in [2.24, 2.45) is 5.73 Å². The monoisotopic (exact) mass is 262 g/mol. The van der Waals surface area contributed by atoms with E-state index in [0.717, 1.165) is 0 Å². The molecule has 0 fully saturated rings. The third kappa shape index (κ3) is 2.77. The molecule has 1 aromatic rings. The van der Waals surface area contributed by atoms with Crippen LogP contribution in [-0.2, 0) is 9.59 Å². The molecule has 7 heteroatoms. The molecule has 16 heavy (non-hydrogen) atoms. The van der Waals surface area contributed by atoms with Crippen LogP contribution in [0.3, 0.4) is 0 Å². The molecule has 1 aromatic carbocycles. The molecule has 0 radical (unpaired) electrons. The predicted molar refractivity (Wildman–Crippen MR) is 60.8 cm³/mol. The van der Waals surface area contributed by atoms with Crippen molar-refractivity contribution < 1.29 is 14.3 Å². The lowest BCUT2D eigenvalue weighted by Gasteiger charge is -2.10. The van der Waals surface area contributed by atoms with Gasteiger partial charge in [0.25, 0.3) is 0 Å². The zero-order valence-electron chi connectivity index (χ0n) is 8.21. The minimum absolute atomic E-state index is 0.184. The Hall–Kier alpha value is -1.46. The number of nitrogens with one attached hydrogen (secondary N) is 1. The fourth-order valence-corrected chi connectivity index (χ4v) is 1.62. The number of hydrogen-bond donors (Lipinski definition) is 2. The van der Waals surface area contributed by atoms with Crippen molar-refractivity contribution >= 4 is 40.7 Å². The summed E-state index contributed by atoms with van der Waals surface area (Å²) in [7, 11) is 1.37. The summed E-state index contributed by atoms with van der Waals surface area (Å²) in [6.45, 7) is 0. The normalized spacial score (nSPS) is 9.69. The highest BCUT2D eigenvalue weighted by Crippen LogP contribution is 2.35. The third-order valence-corrected chi connectivity index (χ3v) is 2.18. The van der Waals surface area contributed by atoms with E-state index in [-0.39, 0.29) is 16.5 Å². The number of primary amides is 1. The van der Waals surface area contributed by atoms with Gasteiger partial charge in [0.05, 0.1) is 17.8 Å². The van der Waals surface area contributed by atoms with E-state index in [1.165, 1.54) is 19.2 Å². The lowest BCUT2D eigenvalue weighted by Crippen LogP contribution is -2.29. The van der Waals surface area contributed by atoms with E-state index in [1.54, 1.807) is 0 Å². The number of methoxy groups -OCH3 is 1. The molecule has 0 spiro atoms. The van der Waals surface area contributed by atoms with E-state index in [0.29, 0.717) is 5.02 Å². The predicted octanol–water partition coefficient (Wildman–Crippen LogP) is 1.43. The van der Waals surface area contributed by atoms with Gasteiger partial charge in [-0.2, -0.15) is 0 Å². The summed E-state index contributed by atoms with van der Waals surface area (Å²) in [5.74, 6) is -1.88. The summed E-state index contributed by atoms with van der Waals surface area (Å²) in [6, 6.07) is 2.84. The molecular formula is C9H8Cl2N2O3. The molecule has 0 aliphatic heterocycles. The molecule has 0 atom stereocenters. The summed E-state index contributed by atoms with van der Waals surface area (Å²) >= 11 is 11.6. The largest absolute Gasteiger partial charge is 0.493 e. The average molecular weight is 263 g/mol. The SMILES string of the molecule is COc1c(Cl)cc(Cl)cc1NC(=O)C(N)=O. The van der Waals surface area contributed by atoms with Crippen molar-refractivity contribution in [3.8, 4) is 5.75 Å². The Balaban J connectivity index is 3.12. The number of carbonyl (C=O) groups is 2.